The molecule has 0 atom stereocenters. The first-order chi connectivity index (χ1) is 12.3. The number of ether oxygens (including phenoxy) is 1. The number of benzene rings is 2. The number of thiophene rings is 1. The van der Waals surface area contributed by atoms with E-state index >= 15 is 0 Å². The molecule has 3 aromatic rings. The van der Waals surface area contributed by atoms with Crippen molar-refractivity contribution in [3.05, 3.63) is 63.3 Å². The number of nitrogens with one attached hydrogen (secondary N) is 1. The monoisotopic (exact) mass is 350 g/mol. The van der Waals surface area contributed by atoms with E-state index in [1.54, 1.807) is 24.7 Å². The Labute approximate surface area is 150 Å². The zero-order valence-electron chi connectivity index (χ0n) is 13.9. The highest BCUT2D eigenvalue weighted by Gasteiger charge is 2.18. The van der Waals surface area contributed by atoms with E-state index in [4.69, 9.17) is 4.74 Å². The highest BCUT2D eigenvalue weighted by Crippen LogP contribution is 2.30. The first-order valence-corrected chi connectivity index (χ1v) is 9.08. The normalized spacial score (nSPS) is 13.3. The molecular formula is C20H18N2O2S. The minimum atomic E-state index is -0.158. The third-order valence-electron chi connectivity index (χ3n) is 4.48. The average molecular weight is 350 g/mol. The molecule has 4 nitrogen and oxygen atoms in total. The van der Waals surface area contributed by atoms with Gasteiger partial charge in [-0.3, -0.25) is 4.79 Å². The molecule has 2 aromatic carbocycles. The second kappa shape index (κ2) is 6.69. The molecule has 0 unspecified atom stereocenters. The molecule has 0 radical (unpaired) electrons. The van der Waals surface area contributed by atoms with E-state index in [1.807, 2.05) is 42.5 Å². The summed E-state index contributed by atoms with van der Waals surface area (Å²) < 4.78 is 5.43. The van der Waals surface area contributed by atoms with Crippen molar-refractivity contribution in [2.24, 2.45) is 5.10 Å². The van der Waals surface area contributed by atoms with Crippen LogP contribution in [0.3, 0.4) is 0 Å². The largest absolute Gasteiger partial charge is 0.496 e. The number of rotatable bonds is 4. The smallest absolute Gasteiger partial charge is 0.281 e. The van der Waals surface area contributed by atoms with Gasteiger partial charge in [0.1, 0.15) is 5.75 Å². The van der Waals surface area contributed by atoms with E-state index in [0.717, 1.165) is 39.8 Å². The molecule has 1 aliphatic rings. The maximum absolute atomic E-state index is 12.3. The Bertz CT molecular complexity index is 953. The van der Waals surface area contributed by atoms with Gasteiger partial charge >= 0.3 is 0 Å². The fraction of sp³-hybridized carbons (Fsp3) is 0.200. The Morgan fingerprint density at radius 3 is 2.96 bits per heavy atom. The zero-order valence-corrected chi connectivity index (χ0v) is 14.7. The van der Waals surface area contributed by atoms with Gasteiger partial charge < -0.3 is 4.74 Å². The van der Waals surface area contributed by atoms with Crippen LogP contribution >= 0.6 is 11.3 Å². The molecule has 1 aromatic heterocycles. The number of nitrogens with zero attached hydrogens (tertiary/aromatic N) is 1. The van der Waals surface area contributed by atoms with E-state index in [-0.39, 0.29) is 5.91 Å². The summed E-state index contributed by atoms with van der Waals surface area (Å²) in [6.45, 7) is 0. The van der Waals surface area contributed by atoms with Crippen molar-refractivity contribution in [1.82, 2.24) is 5.43 Å². The van der Waals surface area contributed by atoms with Gasteiger partial charge in [-0.25, -0.2) is 5.43 Å². The molecule has 126 valence electrons. The summed E-state index contributed by atoms with van der Waals surface area (Å²) in [5.41, 5.74) is 4.81. The van der Waals surface area contributed by atoms with Crippen LogP contribution in [0, 0.1) is 0 Å². The van der Waals surface area contributed by atoms with Crippen molar-refractivity contribution in [3.63, 3.8) is 0 Å². The van der Waals surface area contributed by atoms with Gasteiger partial charge in [0, 0.05) is 10.4 Å². The van der Waals surface area contributed by atoms with Gasteiger partial charge in [0.25, 0.3) is 5.91 Å². The number of carbonyl (C=O) groups is 1. The number of hydrogen-bond acceptors (Lipinski definition) is 4. The first kappa shape index (κ1) is 15.8. The van der Waals surface area contributed by atoms with Gasteiger partial charge in [-0.15, -0.1) is 11.3 Å². The first-order valence-electron chi connectivity index (χ1n) is 8.27. The molecule has 1 heterocycles. The summed E-state index contributed by atoms with van der Waals surface area (Å²) in [6.07, 6.45) is 5.02. The highest BCUT2D eigenvalue weighted by atomic mass is 32.1. The van der Waals surface area contributed by atoms with Gasteiger partial charge in [-0.1, -0.05) is 30.3 Å². The summed E-state index contributed by atoms with van der Waals surface area (Å²) in [7, 11) is 1.63. The predicted molar refractivity (Wildman–Crippen MR) is 102 cm³/mol. The molecular weight excluding hydrogens is 332 g/mol. The number of methoxy groups -OCH3 is 1. The topological polar surface area (TPSA) is 50.7 Å². The van der Waals surface area contributed by atoms with Crippen LogP contribution in [0.2, 0.25) is 0 Å². The second-order valence-electron chi connectivity index (χ2n) is 6.01. The predicted octanol–water partition coefficient (Wildman–Crippen LogP) is 4.16. The lowest BCUT2D eigenvalue weighted by molar-refractivity contribution is 0.0959. The number of carbonyl (C=O) groups excluding carboxylic acids is 1. The average Bonchev–Trinajstić information content (AvgIpc) is 3.23. The van der Waals surface area contributed by atoms with E-state index in [2.05, 4.69) is 10.5 Å². The lowest BCUT2D eigenvalue weighted by Crippen LogP contribution is -2.16. The number of hydrogen-bond donors (Lipinski definition) is 1. The summed E-state index contributed by atoms with van der Waals surface area (Å²) >= 11 is 1.58. The second-order valence-corrected chi connectivity index (χ2v) is 7.15. The van der Waals surface area contributed by atoms with Crippen LogP contribution in [0.15, 0.2) is 47.6 Å². The van der Waals surface area contributed by atoms with E-state index in [9.17, 15) is 4.79 Å². The molecule has 25 heavy (non-hydrogen) atoms. The lowest BCUT2D eigenvalue weighted by atomic mass is 10.0. The van der Waals surface area contributed by atoms with Crippen LogP contribution in [0.4, 0.5) is 0 Å². The minimum absolute atomic E-state index is 0.158. The highest BCUT2D eigenvalue weighted by molar-refractivity contribution is 7.14. The number of fused-ring (bicyclic) bond motifs is 2. The van der Waals surface area contributed by atoms with Crippen LogP contribution in [-0.2, 0) is 12.8 Å². The van der Waals surface area contributed by atoms with Crippen molar-refractivity contribution >= 4 is 34.2 Å². The number of amides is 1. The standard InChI is InChI=1S/C20H18N2O2S/c1-24-17-10-9-13-5-2-3-7-15(13)16(17)12-21-22-20(23)19-11-14-6-4-8-18(14)25-19/h2-3,5,7,9-12H,4,6,8H2,1H3,(H,22,23)/b21-12-. The van der Waals surface area contributed by atoms with Crippen molar-refractivity contribution in [2.45, 2.75) is 19.3 Å². The third-order valence-corrected chi connectivity index (χ3v) is 5.72. The Balaban J connectivity index is 1.57. The molecule has 1 amide bonds. The minimum Gasteiger partial charge on any atom is -0.496 e. The molecule has 1 aliphatic carbocycles. The van der Waals surface area contributed by atoms with Gasteiger partial charge in [0.05, 0.1) is 18.2 Å². The maximum atomic E-state index is 12.3. The zero-order chi connectivity index (χ0) is 17.2. The summed E-state index contributed by atoms with van der Waals surface area (Å²) in [4.78, 5) is 14.4. The molecule has 0 spiro atoms. The van der Waals surface area contributed by atoms with Crippen LogP contribution in [0.5, 0.6) is 5.75 Å². The molecule has 0 bridgehead atoms. The molecule has 1 N–H and O–H groups in total. The fourth-order valence-electron chi connectivity index (χ4n) is 3.24. The summed E-state index contributed by atoms with van der Waals surface area (Å²) in [5.74, 6) is 0.571. The molecule has 0 aliphatic heterocycles. The van der Waals surface area contributed by atoms with Crippen LogP contribution in [0.25, 0.3) is 10.8 Å². The van der Waals surface area contributed by atoms with E-state index in [0.29, 0.717) is 0 Å². The lowest BCUT2D eigenvalue weighted by Gasteiger charge is -2.08. The Kier molecular flexibility index (Phi) is 4.24. The summed E-state index contributed by atoms with van der Waals surface area (Å²) in [6, 6.07) is 13.9. The van der Waals surface area contributed by atoms with Gasteiger partial charge in [0.15, 0.2) is 0 Å². The molecule has 0 saturated heterocycles. The SMILES string of the molecule is COc1ccc2ccccc2c1/C=N\NC(=O)c1cc2c(s1)CCC2. The molecule has 5 heteroatoms. The van der Waals surface area contributed by atoms with Gasteiger partial charge in [0.2, 0.25) is 0 Å². The Morgan fingerprint density at radius 2 is 2.12 bits per heavy atom. The van der Waals surface area contributed by atoms with E-state index in [1.165, 1.54) is 16.9 Å². The van der Waals surface area contributed by atoms with Gasteiger partial charge in [-0.2, -0.15) is 5.10 Å². The fourth-order valence-corrected chi connectivity index (χ4v) is 4.38. The quantitative estimate of drug-likeness (QED) is 0.567. The van der Waals surface area contributed by atoms with E-state index < -0.39 is 0 Å². The Hall–Kier alpha value is -2.66. The number of aryl methyl sites for hydroxylation is 2. The Morgan fingerprint density at radius 1 is 1.24 bits per heavy atom. The molecule has 0 saturated carbocycles. The van der Waals surface area contributed by atoms with Crippen molar-refractivity contribution in [2.75, 3.05) is 7.11 Å². The van der Waals surface area contributed by atoms with Gasteiger partial charge in [-0.05, 0) is 47.7 Å². The number of hydrazone groups is 1. The van der Waals surface area contributed by atoms with Crippen LogP contribution < -0.4 is 10.2 Å². The van der Waals surface area contributed by atoms with Crippen molar-refractivity contribution in [3.8, 4) is 5.75 Å². The van der Waals surface area contributed by atoms with Crippen LogP contribution in [0.1, 0.15) is 32.1 Å². The summed E-state index contributed by atoms with van der Waals surface area (Å²) in [5, 5.41) is 6.30. The maximum Gasteiger partial charge on any atom is 0.281 e. The molecule has 0 fully saturated rings. The van der Waals surface area contributed by atoms with Crippen LogP contribution in [-0.4, -0.2) is 19.2 Å². The van der Waals surface area contributed by atoms with Crippen molar-refractivity contribution < 1.29 is 9.53 Å². The molecule has 4 rings (SSSR count). The van der Waals surface area contributed by atoms with Crippen molar-refractivity contribution in [1.29, 1.82) is 0 Å². The third kappa shape index (κ3) is 3.03.